The average Bonchev–Trinajstić information content (AvgIpc) is 2.35. The van der Waals surface area contributed by atoms with E-state index in [4.69, 9.17) is 0 Å². The van der Waals surface area contributed by atoms with E-state index in [0.29, 0.717) is 10.4 Å². The van der Waals surface area contributed by atoms with Gasteiger partial charge in [0.25, 0.3) is 5.91 Å². The molecule has 1 aromatic rings. The van der Waals surface area contributed by atoms with Crippen LogP contribution in [0.1, 0.15) is 43.0 Å². The summed E-state index contributed by atoms with van der Waals surface area (Å²) in [7, 11) is 0. The second-order valence-corrected chi connectivity index (χ2v) is 5.88. The summed E-state index contributed by atoms with van der Waals surface area (Å²) in [6, 6.07) is 4.60. The van der Waals surface area contributed by atoms with Crippen LogP contribution in [-0.2, 0) is 0 Å². The molecule has 0 aromatic heterocycles. The molecule has 1 fully saturated rings. The molecule has 0 radical (unpaired) electrons. The van der Waals surface area contributed by atoms with E-state index in [1.807, 2.05) is 0 Å². The first-order chi connectivity index (χ1) is 8.58. The highest BCUT2D eigenvalue weighted by Crippen LogP contribution is 2.24. The van der Waals surface area contributed by atoms with E-state index in [1.54, 1.807) is 6.07 Å². The molecule has 1 aliphatic carbocycles. The zero-order valence-electron chi connectivity index (χ0n) is 10.4. The quantitative estimate of drug-likeness (QED) is 0.881. The van der Waals surface area contributed by atoms with Crippen molar-refractivity contribution < 1.29 is 9.18 Å². The van der Waals surface area contributed by atoms with E-state index in [-0.39, 0.29) is 17.5 Å². The van der Waals surface area contributed by atoms with Gasteiger partial charge in [0, 0.05) is 10.5 Å². The maximum Gasteiger partial charge on any atom is 0.254 e. The molecule has 1 aromatic carbocycles. The molecule has 2 nitrogen and oxygen atoms in total. The van der Waals surface area contributed by atoms with Crippen molar-refractivity contribution >= 4 is 21.8 Å². The summed E-state index contributed by atoms with van der Waals surface area (Å²) in [4.78, 5) is 12.1. The van der Waals surface area contributed by atoms with Crippen LogP contribution in [0.5, 0.6) is 0 Å². The first kappa shape index (κ1) is 13.5. The highest BCUT2D eigenvalue weighted by Gasteiger charge is 2.24. The van der Waals surface area contributed by atoms with Crippen LogP contribution in [0.4, 0.5) is 4.39 Å². The molecule has 1 N–H and O–H groups in total. The summed E-state index contributed by atoms with van der Waals surface area (Å²) in [5.41, 5.74) is 0.113. The van der Waals surface area contributed by atoms with Gasteiger partial charge in [0.05, 0.1) is 5.56 Å². The number of hydrogen-bond donors (Lipinski definition) is 1. The summed E-state index contributed by atoms with van der Waals surface area (Å²) in [5, 5.41) is 2.95. The van der Waals surface area contributed by atoms with Gasteiger partial charge in [0.15, 0.2) is 0 Å². The fraction of sp³-hybridized carbons (Fsp3) is 0.500. The largest absolute Gasteiger partial charge is 0.349 e. The summed E-state index contributed by atoms with van der Waals surface area (Å²) in [6.07, 6.45) is 4.48. The zero-order chi connectivity index (χ0) is 13.1. The number of carbonyl (C=O) groups is 1. The van der Waals surface area contributed by atoms with Gasteiger partial charge in [0.2, 0.25) is 0 Å². The lowest BCUT2D eigenvalue weighted by Crippen LogP contribution is -2.41. The minimum Gasteiger partial charge on any atom is -0.349 e. The standard InChI is InChI=1S/C14H17BrFNO/c1-9-4-2-3-5-13(9)17-14(18)11-8-10(15)6-7-12(11)16/h6-9,13H,2-5H2,1H3,(H,17,18). The van der Waals surface area contributed by atoms with Gasteiger partial charge in [-0.1, -0.05) is 35.7 Å². The Hall–Kier alpha value is -0.900. The maximum absolute atomic E-state index is 13.6. The first-order valence-corrected chi connectivity index (χ1v) is 7.13. The van der Waals surface area contributed by atoms with Crippen molar-refractivity contribution in [3.8, 4) is 0 Å². The van der Waals surface area contributed by atoms with E-state index in [9.17, 15) is 9.18 Å². The van der Waals surface area contributed by atoms with Crippen LogP contribution in [-0.4, -0.2) is 11.9 Å². The third-order valence-electron chi connectivity index (χ3n) is 3.60. The minimum atomic E-state index is -0.473. The normalized spacial score (nSPS) is 23.7. The molecule has 2 unspecified atom stereocenters. The van der Waals surface area contributed by atoms with Crippen LogP contribution in [0.2, 0.25) is 0 Å². The predicted octanol–water partition coefficient (Wildman–Crippen LogP) is 3.90. The van der Waals surface area contributed by atoms with E-state index in [1.165, 1.54) is 18.6 Å². The third-order valence-corrected chi connectivity index (χ3v) is 4.09. The van der Waals surface area contributed by atoms with Gasteiger partial charge in [-0.15, -0.1) is 0 Å². The van der Waals surface area contributed by atoms with Crippen molar-refractivity contribution in [2.24, 2.45) is 5.92 Å². The van der Waals surface area contributed by atoms with Crippen molar-refractivity contribution in [1.82, 2.24) is 5.32 Å². The van der Waals surface area contributed by atoms with Gasteiger partial charge in [-0.2, -0.15) is 0 Å². The molecule has 4 heteroatoms. The Morgan fingerprint density at radius 1 is 1.39 bits per heavy atom. The first-order valence-electron chi connectivity index (χ1n) is 6.34. The number of nitrogens with one attached hydrogen (secondary N) is 1. The lowest BCUT2D eigenvalue weighted by Gasteiger charge is -2.29. The maximum atomic E-state index is 13.6. The lowest BCUT2D eigenvalue weighted by atomic mass is 9.86. The monoisotopic (exact) mass is 313 g/mol. The van der Waals surface area contributed by atoms with Crippen LogP contribution >= 0.6 is 15.9 Å². The van der Waals surface area contributed by atoms with Crippen LogP contribution in [0, 0.1) is 11.7 Å². The molecule has 1 saturated carbocycles. The van der Waals surface area contributed by atoms with E-state index >= 15 is 0 Å². The molecule has 2 atom stereocenters. The Kier molecular flexibility index (Phi) is 4.38. The van der Waals surface area contributed by atoms with Gasteiger partial charge in [-0.25, -0.2) is 4.39 Å². The molecule has 1 aliphatic rings. The van der Waals surface area contributed by atoms with E-state index in [0.717, 1.165) is 19.3 Å². The fourth-order valence-corrected chi connectivity index (χ4v) is 2.81. The molecule has 2 rings (SSSR count). The highest BCUT2D eigenvalue weighted by molar-refractivity contribution is 9.10. The average molecular weight is 314 g/mol. The summed E-state index contributed by atoms with van der Waals surface area (Å²) in [5.74, 6) is -0.315. The summed E-state index contributed by atoms with van der Waals surface area (Å²) < 4.78 is 14.3. The topological polar surface area (TPSA) is 29.1 Å². The lowest BCUT2D eigenvalue weighted by molar-refractivity contribution is 0.0906. The number of halogens is 2. The molecular formula is C14H17BrFNO. The Bertz CT molecular complexity index is 449. The number of amides is 1. The van der Waals surface area contributed by atoms with Crippen molar-refractivity contribution in [3.63, 3.8) is 0 Å². The Balaban J connectivity index is 2.09. The number of hydrogen-bond acceptors (Lipinski definition) is 1. The second-order valence-electron chi connectivity index (χ2n) is 4.97. The van der Waals surface area contributed by atoms with Gasteiger partial charge >= 0.3 is 0 Å². The Labute approximate surface area is 115 Å². The Morgan fingerprint density at radius 2 is 2.11 bits per heavy atom. The van der Waals surface area contributed by atoms with Crippen LogP contribution < -0.4 is 5.32 Å². The minimum absolute atomic E-state index is 0.113. The van der Waals surface area contributed by atoms with Gasteiger partial charge in [-0.3, -0.25) is 4.79 Å². The van der Waals surface area contributed by atoms with Crippen molar-refractivity contribution in [2.75, 3.05) is 0 Å². The molecule has 0 bridgehead atoms. The van der Waals surface area contributed by atoms with E-state index < -0.39 is 5.82 Å². The molecule has 18 heavy (non-hydrogen) atoms. The molecule has 0 aliphatic heterocycles. The zero-order valence-corrected chi connectivity index (χ0v) is 12.0. The Morgan fingerprint density at radius 3 is 2.83 bits per heavy atom. The SMILES string of the molecule is CC1CCCCC1NC(=O)c1cc(Br)ccc1F. The molecule has 0 spiro atoms. The van der Waals surface area contributed by atoms with Crippen molar-refractivity contribution in [3.05, 3.63) is 34.1 Å². The molecular weight excluding hydrogens is 297 g/mol. The van der Waals surface area contributed by atoms with Crippen LogP contribution in [0.3, 0.4) is 0 Å². The van der Waals surface area contributed by atoms with Gasteiger partial charge in [0.1, 0.15) is 5.82 Å². The van der Waals surface area contributed by atoms with Gasteiger partial charge in [-0.05, 0) is 37.0 Å². The van der Waals surface area contributed by atoms with E-state index in [2.05, 4.69) is 28.2 Å². The van der Waals surface area contributed by atoms with Crippen molar-refractivity contribution in [2.45, 2.75) is 38.6 Å². The molecule has 0 saturated heterocycles. The third kappa shape index (κ3) is 3.10. The number of rotatable bonds is 2. The van der Waals surface area contributed by atoms with Crippen LogP contribution in [0.15, 0.2) is 22.7 Å². The fourth-order valence-electron chi connectivity index (χ4n) is 2.45. The van der Waals surface area contributed by atoms with Crippen molar-refractivity contribution in [1.29, 1.82) is 0 Å². The predicted molar refractivity (Wildman–Crippen MR) is 73.0 cm³/mol. The summed E-state index contributed by atoms with van der Waals surface area (Å²) in [6.45, 7) is 2.14. The number of benzene rings is 1. The highest BCUT2D eigenvalue weighted by atomic mass is 79.9. The van der Waals surface area contributed by atoms with Crippen LogP contribution in [0.25, 0.3) is 0 Å². The molecule has 0 heterocycles. The molecule has 98 valence electrons. The second kappa shape index (κ2) is 5.83. The van der Waals surface area contributed by atoms with Gasteiger partial charge < -0.3 is 5.32 Å². The smallest absolute Gasteiger partial charge is 0.254 e. The summed E-state index contributed by atoms with van der Waals surface area (Å²) >= 11 is 3.26. The molecule has 1 amide bonds. The number of carbonyl (C=O) groups excluding carboxylic acids is 1.